The second-order valence-electron chi connectivity index (χ2n) is 10.6. The number of nitrogens with zero attached hydrogens (tertiary/aromatic N) is 1. The van der Waals surface area contributed by atoms with Gasteiger partial charge in [0.2, 0.25) is 5.90 Å². The van der Waals surface area contributed by atoms with Crippen LogP contribution in [0.15, 0.2) is 119 Å². The van der Waals surface area contributed by atoms with Gasteiger partial charge < -0.3 is 14.6 Å². The first-order valence-corrected chi connectivity index (χ1v) is 16.0. The van der Waals surface area contributed by atoms with Gasteiger partial charge in [-0.3, -0.25) is 10.2 Å². The van der Waals surface area contributed by atoms with E-state index in [1.165, 1.54) is 0 Å². The standard InChI is InChI=1S/C36H35BrClN3O4/c37-31-15-6-5-14-30(31)33-36(22-8-12-26-10-2-1-3-11-26,35(43)41-39-23-21-27-13-4-7-16-32(27)38)40-34(45-33)28-17-19-29(20-18-28)44-25-9-24-42/h1-8,10-20,33,39,42H,9,21-25H2,(H,41,43)/b12-8+/t33-,36-/m0/s1. The van der Waals surface area contributed by atoms with Crippen molar-refractivity contribution in [3.05, 3.63) is 141 Å². The Balaban J connectivity index is 1.46. The number of hydrogen-bond acceptors (Lipinski definition) is 6. The molecule has 0 fully saturated rings. The van der Waals surface area contributed by atoms with Crippen molar-refractivity contribution >= 4 is 45.4 Å². The van der Waals surface area contributed by atoms with Gasteiger partial charge in [-0.15, -0.1) is 0 Å². The average Bonchev–Trinajstić information content (AvgIpc) is 3.45. The van der Waals surface area contributed by atoms with E-state index in [0.29, 0.717) is 42.7 Å². The Morgan fingerprint density at radius 3 is 2.49 bits per heavy atom. The third-order valence-electron chi connectivity index (χ3n) is 7.44. The van der Waals surface area contributed by atoms with Crippen molar-refractivity contribution in [1.82, 2.24) is 10.9 Å². The topological polar surface area (TPSA) is 92.2 Å². The fraction of sp³-hybridized carbons (Fsp3) is 0.222. The van der Waals surface area contributed by atoms with Crippen LogP contribution in [0, 0.1) is 0 Å². The van der Waals surface area contributed by atoms with E-state index in [1.807, 2.05) is 115 Å². The predicted molar refractivity (Wildman–Crippen MR) is 182 cm³/mol. The summed E-state index contributed by atoms with van der Waals surface area (Å²) in [5.74, 6) is 0.710. The molecule has 5 rings (SSSR count). The summed E-state index contributed by atoms with van der Waals surface area (Å²) in [6.45, 7) is 0.953. The number of halogens is 2. The summed E-state index contributed by atoms with van der Waals surface area (Å²) < 4.78 is 13.1. The molecule has 0 saturated heterocycles. The number of hydrogen-bond donors (Lipinski definition) is 3. The van der Waals surface area contributed by atoms with Gasteiger partial charge >= 0.3 is 0 Å². The Morgan fingerprint density at radius 2 is 1.73 bits per heavy atom. The van der Waals surface area contributed by atoms with E-state index in [4.69, 9.17) is 31.2 Å². The first-order chi connectivity index (χ1) is 22.0. The zero-order valence-corrected chi connectivity index (χ0v) is 27.0. The molecule has 1 heterocycles. The van der Waals surface area contributed by atoms with E-state index in [-0.39, 0.29) is 18.9 Å². The molecule has 1 aliphatic rings. The molecule has 1 aliphatic heterocycles. The molecule has 0 aliphatic carbocycles. The lowest BCUT2D eigenvalue weighted by Gasteiger charge is -2.30. The van der Waals surface area contributed by atoms with Crippen molar-refractivity contribution in [2.45, 2.75) is 30.9 Å². The van der Waals surface area contributed by atoms with Crippen molar-refractivity contribution in [1.29, 1.82) is 0 Å². The second kappa shape index (κ2) is 15.9. The van der Waals surface area contributed by atoms with Gasteiger partial charge in [-0.1, -0.05) is 106 Å². The first kappa shape index (κ1) is 32.4. The number of nitrogens with one attached hydrogen (secondary N) is 2. The number of benzene rings is 4. The summed E-state index contributed by atoms with van der Waals surface area (Å²) in [5.41, 5.74) is 8.21. The number of rotatable bonds is 14. The zero-order valence-electron chi connectivity index (χ0n) is 24.7. The smallest absolute Gasteiger partial charge is 0.266 e. The van der Waals surface area contributed by atoms with Crippen molar-refractivity contribution < 1.29 is 19.4 Å². The van der Waals surface area contributed by atoms with Gasteiger partial charge in [-0.25, -0.2) is 10.4 Å². The van der Waals surface area contributed by atoms with Crippen LogP contribution in [0.3, 0.4) is 0 Å². The molecule has 9 heteroatoms. The largest absolute Gasteiger partial charge is 0.494 e. The van der Waals surface area contributed by atoms with Crippen molar-refractivity contribution in [3.63, 3.8) is 0 Å². The summed E-state index contributed by atoms with van der Waals surface area (Å²) in [4.78, 5) is 19.3. The lowest BCUT2D eigenvalue weighted by Crippen LogP contribution is -2.52. The number of ether oxygens (including phenoxy) is 2. The fourth-order valence-corrected chi connectivity index (χ4v) is 5.79. The van der Waals surface area contributed by atoms with E-state index in [9.17, 15) is 4.79 Å². The van der Waals surface area contributed by atoms with Crippen molar-refractivity contribution in [2.75, 3.05) is 19.8 Å². The summed E-state index contributed by atoms with van der Waals surface area (Å²) in [6, 6.07) is 32.7. The quantitative estimate of drug-likeness (QED) is 0.0973. The second-order valence-corrected chi connectivity index (χ2v) is 11.8. The summed E-state index contributed by atoms with van der Waals surface area (Å²) in [7, 11) is 0. The van der Waals surface area contributed by atoms with E-state index in [0.717, 1.165) is 26.7 Å². The maximum Gasteiger partial charge on any atom is 0.266 e. The van der Waals surface area contributed by atoms with Gasteiger partial charge in [0.25, 0.3) is 5.91 Å². The minimum atomic E-state index is -1.34. The van der Waals surface area contributed by atoms with E-state index in [1.54, 1.807) is 0 Å². The Morgan fingerprint density at radius 1 is 1.00 bits per heavy atom. The first-order valence-electron chi connectivity index (χ1n) is 14.8. The minimum Gasteiger partial charge on any atom is -0.494 e. The monoisotopic (exact) mass is 687 g/mol. The molecule has 2 atom stereocenters. The highest BCUT2D eigenvalue weighted by Gasteiger charge is 2.53. The number of carbonyl (C=O) groups excluding carboxylic acids is 1. The molecular weight excluding hydrogens is 654 g/mol. The van der Waals surface area contributed by atoms with Crippen LogP contribution in [0.5, 0.6) is 5.75 Å². The molecule has 0 spiro atoms. The Labute approximate surface area is 277 Å². The van der Waals surface area contributed by atoms with E-state index >= 15 is 0 Å². The fourth-order valence-electron chi connectivity index (χ4n) is 5.07. The highest BCUT2D eigenvalue weighted by Crippen LogP contribution is 2.45. The summed E-state index contributed by atoms with van der Waals surface area (Å²) in [5, 5.41) is 9.74. The molecule has 45 heavy (non-hydrogen) atoms. The number of carbonyl (C=O) groups is 1. The third-order valence-corrected chi connectivity index (χ3v) is 8.53. The minimum absolute atomic E-state index is 0.0664. The Kier molecular flexibility index (Phi) is 11.4. The molecule has 232 valence electrons. The zero-order chi connectivity index (χ0) is 31.5. The van der Waals surface area contributed by atoms with Gasteiger partial charge in [-0.2, -0.15) is 0 Å². The van der Waals surface area contributed by atoms with Crippen LogP contribution in [-0.4, -0.2) is 42.2 Å². The normalized spacial score (nSPS) is 17.6. The summed E-state index contributed by atoms with van der Waals surface area (Å²) in [6.07, 6.45) is 4.68. The molecule has 0 unspecified atom stereocenters. The molecule has 0 radical (unpaired) electrons. The predicted octanol–water partition coefficient (Wildman–Crippen LogP) is 7.09. The van der Waals surface area contributed by atoms with Crippen LogP contribution in [0.25, 0.3) is 6.08 Å². The molecule has 0 aromatic heterocycles. The molecule has 1 amide bonds. The van der Waals surface area contributed by atoms with Crippen LogP contribution in [-0.2, 0) is 16.0 Å². The van der Waals surface area contributed by atoms with Crippen LogP contribution >= 0.6 is 27.5 Å². The molecule has 0 bridgehead atoms. The highest BCUT2D eigenvalue weighted by molar-refractivity contribution is 9.10. The van der Waals surface area contributed by atoms with Gasteiger partial charge in [0.05, 0.1) is 6.61 Å². The van der Waals surface area contributed by atoms with E-state index in [2.05, 4.69) is 26.8 Å². The van der Waals surface area contributed by atoms with Crippen molar-refractivity contribution in [2.24, 2.45) is 4.99 Å². The van der Waals surface area contributed by atoms with Gasteiger partial charge in [-0.05, 0) is 53.9 Å². The number of aliphatic imine (C=N–C) groups is 1. The average molecular weight is 689 g/mol. The molecule has 7 nitrogen and oxygen atoms in total. The highest BCUT2D eigenvalue weighted by atomic mass is 79.9. The van der Waals surface area contributed by atoms with Crippen LogP contribution in [0.1, 0.15) is 41.2 Å². The number of aliphatic hydroxyl groups is 1. The number of amides is 1. The Bertz CT molecular complexity index is 1630. The third kappa shape index (κ3) is 8.21. The lowest BCUT2D eigenvalue weighted by molar-refractivity contribution is -0.129. The number of hydrazine groups is 1. The maximum atomic E-state index is 14.3. The molecule has 0 saturated carbocycles. The molecular formula is C36H35BrClN3O4. The SMILES string of the molecule is O=C(NNCCc1ccccc1Cl)[C@@]1(C/C=C/c2ccccc2)N=C(c2ccc(OCCCO)cc2)O[C@H]1c1ccccc1Br. The lowest BCUT2D eigenvalue weighted by atomic mass is 9.84. The van der Waals surface area contributed by atoms with Gasteiger partial charge in [0, 0.05) is 46.6 Å². The van der Waals surface area contributed by atoms with Crippen LogP contribution < -0.4 is 15.6 Å². The maximum absolute atomic E-state index is 14.3. The Hall–Kier alpha value is -3.95. The van der Waals surface area contributed by atoms with Gasteiger partial charge in [0.15, 0.2) is 11.6 Å². The van der Waals surface area contributed by atoms with Crippen LogP contribution in [0.4, 0.5) is 0 Å². The molecule has 3 N–H and O–H groups in total. The number of aliphatic hydroxyl groups excluding tert-OH is 1. The van der Waals surface area contributed by atoms with Gasteiger partial charge in [0.1, 0.15) is 5.75 Å². The molecule has 4 aromatic rings. The van der Waals surface area contributed by atoms with E-state index < -0.39 is 11.6 Å². The molecule has 4 aromatic carbocycles. The van der Waals surface area contributed by atoms with Crippen LogP contribution in [0.2, 0.25) is 5.02 Å². The summed E-state index contributed by atoms with van der Waals surface area (Å²) >= 11 is 10.0. The van der Waals surface area contributed by atoms with Crippen molar-refractivity contribution in [3.8, 4) is 5.75 Å².